The highest BCUT2D eigenvalue weighted by molar-refractivity contribution is 6.44. The van der Waals surface area contributed by atoms with Crippen molar-refractivity contribution in [3.63, 3.8) is 0 Å². The summed E-state index contributed by atoms with van der Waals surface area (Å²) in [5.41, 5.74) is 1.61. The summed E-state index contributed by atoms with van der Waals surface area (Å²) in [4.78, 5) is 41.4. The lowest BCUT2D eigenvalue weighted by Crippen LogP contribution is -2.40. The van der Waals surface area contributed by atoms with Crippen LogP contribution in [0.5, 0.6) is 5.75 Å². The van der Waals surface area contributed by atoms with Crippen LogP contribution in [0.25, 0.3) is 10.9 Å². The first-order valence-corrected chi connectivity index (χ1v) is 9.10. The van der Waals surface area contributed by atoms with Crippen molar-refractivity contribution in [2.24, 2.45) is 0 Å². The monoisotopic (exact) mass is 395 g/mol. The number of fused-ring (bicyclic) bond motifs is 2. The summed E-state index contributed by atoms with van der Waals surface area (Å²) >= 11 is 0. The summed E-state index contributed by atoms with van der Waals surface area (Å²) < 4.78 is 18.9. The van der Waals surface area contributed by atoms with Crippen LogP contribution in [-0.2, 0) is 16.1 Å². The fourth-order valence-corrected chi connectivity index (χ4v) is 3.31. The number of aromatic nitrogens is 1. The predicted octanol–water partition coefficient (Wildman–Crippen LogP) is 2.03. The second kappa shape index (κ2) is 7.75. The second-order valence-electron chi connectivity index (χ2n) is 6.69. The molecule has 1 aliphatic rings. The lowest BCUT2D eigenvalue weighted by atomic mass is 10.1. The first-order valence-electron chi connectivity index (χ1n) is 9.10. The number of para-hydroxylation sites is 1. The van der Waals surface area contributed by atoms with Crippen LogP contribution in [0.4, 0.5) is 4.39 Å². The molecule has 0 radical (unpaired) electrons. The van der Waals surface area contributed by atoms with E-state index >= 15 is 0 Å². The van der Waals surface area contributed by atoms with E-state index in [4.69, 9.17) is 4.74 Å². The van der Waals surface area contributed by atoms with Gasteiger partial charge in [-0.2, -0.15) is 0 Å². The van der Waals surface area contributed by atoms with Gasteiger partial charge in [-0.1, -0.05) is 18.2 Å². The molecule has 0 spiro atoms. The highest BCUT2D eigenvalue weighted by Crippen LogP contribution is 2.24. The molecule has 0 unspecified atom stereocenters. The molecule has 2 aromatic carbocycles. The van der Waals surface area contributed by atoms with Gasteiger partial charge in [0.2, 0.25) is 0 Å². The summed E-state index contributed by atoms with van der Waals surface area (Å²) in [6, 6.07) is 11.3. The number of nitrogens with zero attached hydrogens (tertiary/aromatic N) is 1. The Kier molecular flexibility index (Phi) is 4.99. The number of nitrogens with one attached hydrogen (secondary N) is 2. The third-order valence-corrected chi connectivity index (χ3v) is 4.79. The number of hydrogen-bond donors (Lipinski definition) is 2. The van der Waals surface area contributed by atoms with Crippen LogP contribution < -0.4 is 10.1 Å². The minimum atomic E-state index is -0.750. The van der Waals surface area contributed by atoms with Crippen molar-refractivity contribution in [1.82, 2.24) is 15.2 Å². The standard InChI is InChI=1S/C21H18FN3O4/c22-14-5-6-18-13(9-14)11-25(19(26)12-29-18)8-7-23-21(28)20(27)16-10-24-17-4-2-1-3-15(16)17/h1-6,9-10,24H,7-8,11-12H2,(H,23,28). The lowest BCUT2D eigenvalue weighted by Gasteiger charge is -2.20. The summed E-state index contributed by atoms with van der Waals surface area (Å²) in [6.07, 6.45) is 1.51. The van der Waals surface area contributed by atoms with Gasteiger partial charge in [0.25, 0.3) is 17.6 Å². The number of ether oxygens (including phenoxy) is 1. The molecule has 1 aromatic heterocycles. The molecule has 2 heterocycles. The van der Waals surface area contributed by atoms with Gasteiger partial charge in [0, 0.05) is 42.3 Å². The molecule has 0 atom stereocenters. The average molecular weight is 395 g/mol. The van der Waals surface area contributed by atoms with E-state index in [1.807, 2.05) is 12.1 Å². The molecule has 0 fully saturated rings. The number of halogens is 1. The second-order valence-corrected chi connectivity index (χ2v) is 6.69. The predicted molar refractivity (Wildman–Crippen MR) is 103 cm³/mol. The van der Waals surface area contributed by atoms with Crippen LogP contribution in [-0.4, -0.2) is 47.2 Å². The van der Waals surface area contributed by atoms with E-state index in [-0.39, 0.29) is 32.1 Å². The number of ketones is 1. The fourth-order valence-electron chi connectivity index (χ4n) is 3.31. The Bertz CT molecular complexity index is 1110. The molecule has 0 bridgehead atoms. The quantitative estimate of drug-likeness (QED) is 0.511. The number of carbonyl (C=O) groups excluding carboxylic acids is 3. The molecule has 3 aromatic rings. The molecule has 148 valence electrons. The van der Waals surface area contributed by atoms with Crippen LogP contribution in [0.1, 0.15) is 15.9 Å². The zero-order valence-corrected chi connectivity index (χ0v) is 15.4. The number of benzene rings is 2. The largest absolute Gasteiger partial charge is 0.483 e. The van der Waals surface area contributed by atoms with E-state index in [0.717, 1.165) is 5.52 Å². The minimum Gasteiger partial charge on any atom is -0.483 e. The van der Waals surface area contributed by atoms with Crippen molar-refractivity contribution >= 4 is 28.5 Å². The van der Waals surface area contributed by atoms with E-state index in [2.05, 4.69) is 10.3 Å². The summed E-state index contributed by atoms with van der Waals surface area (Å²) in [5.74, 6) is -1.64. The highest BCUT2D eigenvalue weighted by Gasteiger charge is 2.23. The fraction of sp³-hybridized carbons (Fsp3) is 0.190. The van der Waals surface area contributed by atoms with Crippen LogP contribution in [0.2, 0.25) is 0 Å². The molecule has 0 saturated heterocycles. The Morgan fingerprint density at radius 2 is 2.03 bits per heavy atom. The Morgan fingerprint density at radius 1 is 1.21 bits per heavy atom. The molecule has 0 saturated carbocycles. The summed E-state index contributed by atoms with van der Waals surface area (Å²) in [5, 5.41) is 3.22. The van der Waals surface area contributed by atoms with E-state index in [1.165, 1.54) is 29.3 Å². The number of rotatable bonds is 5. The van der Waals surface area contributed by atoms with Crippen LogP contribution in [0.3, 0.4) is 0 Å². The summed E-state index contributed by atoms with van der Waals surface area (Å²) in [6.45, 7) is 0.257. The Balaban J connectivity index is 1.38. The lowest BCUT2D eigenvalue weighted by molar-refractivity contribution is -0.133. The van der Waals surface area contributed by atoms with Gasteiger partial charge in [0.15, 0.2) is 6.61 Å². The van der Waals surface area contributed by atoms with Gasteiger partial charge in [-0.15, -0.1) is 0 Å². The van der Waals surface area contributed by atoms with Crippen molar-refractivity contribution in [3.8, 4) is 5.75 Å². The molecule has 8 heteroatoms. The Hall–Kier alpha value is -3.68. The van der Waals surface area contributed by atoms with Crippen molar-refractivity contribution in [2.45, 2.75) is 6.54 Å². The number of aromatic amines is 1. The number of hydrogen-bond acceptors (Lipinski definition) is 4. The zero-order valence-electron chi connectivity index (χ0n) is 15.4. The molecule has 2 amide bonds. The molecular formula is C21H18FN3O4. The molecule has 29 heavy (non-hydrogen) atoms. The third-order valence-electron chi connectivity index (χ3n) is 4.79. The maximum atomic E-state index is 13.5. The van der Waals surface area contributed by atoms with E-state index < -0.39 is 17.5 Å². The SMILES string of the molecule is O=C(NCCN1Cc2cc(F)ccc2OCC1=O)C(=O)c1c[nH]c2ccccc12. The minimum absolute atomic E-state index is 0.0866. The first kappa shape index (κ1) is 18.7. The van der Waals surface area contributed by atoms with Crippen molar-refractivity contribution < 1.29 is 23.5 Å². The Labute approximate surface area is 165 Å². The first-order chi connectivity index (χ1) is 14.0. The van der Waals surface area contributed by atoms with Gasteiger partial charge in [0.05, 0.1) is 5.56 Å². The van der Waals surface area contributed by atoms with Crippen molar-refractivity contribution in [2.75, 3.05) is 19.7 Å². The Morgan fingerprint density at radius 3 is 2.90 bits per heavy atom. The van der Waals surface area contributed by atoms with Crippen LogP contribution in [0.15, 0.2) is 48.7 Å². The van der Waals surface area contributed by atoms with Gasteiger partial charge in [-0.25, -0.2) is 4.39 Å². The molecule has 7 nitrogen and oxygen atoms in total. The summed E-state index contributed by atoms with van der Waals surface area (Å²) in [7, 11) is 0. The molecule has 0 aliphatic carbocycles. The maximum Gasteiger partial charge on any atom is 0.292 e. The van der Waals surface area contributed by atoms with Gasteiger partial charge in [-0.05, 0) is 24.3 Å². The van der Waals surface area contributed by atoms with E-state index in [1.54, 1.807) is 12.1 Å². The molecular weight excluding hydrogens is 377 g/mol. The van der Waals surface area contributed by atoms with Crippen molar-refractivity contribution in [3.05, 3.63) is 65.6 Å². The molecule has 4 rings (SSSR count). The number of carbonyl (C=O) groups is 3. The van der Waals surface area contributed by atoms with E-state index in [0.29, 0.717) is 22.3 Å². The smallest absolute Gasteiger partial charge is 0.292 e. The van der Waals surface area contributed by atoms with Crippen LogP contribution >= 0.6 is 0 Å². The van der Waals surface area contributed by atoms with E-state index in [9.17, 15) is 18.8 Å². The molecule has 1 aliphatic heterocycles. The number of amides is 2. The average Bonchev–Trinajstić information content (AvgIpc) is 3.08. The van der Waals surface area contributed by atoms with Gasteiger partial charge in [0.1, 0.15) is 11.6 Å². The number of H-pyrrole nitrogens is 1. The topological polar surface area (TPSA) is 91.5 Å². The van der Waals surface area contributed by atoms with Gasteiger partial charge < -0.3 is 19.9 Å². The normalized spacial score (nSPS) is 13.6. The molecule has 2 N–H and O–H groups in total. The number of Topliss-reactive ketones (excluding diaryl/α,β-unsaturated/α-hetero) is 1. The highest BCUT2D eigenvalue weighted by atomic mass is 19.1. The van der Waals surface area contributed by atoms with Crippen LogP contribution in [0, 0.1) is 5.82 Å². The zero-order chi connectivity index (χ0) is 20.4. The maximum absolute atomic E-state index is 13.5. The third kappa shape index (κ3) is 3.82. The van der Waals surface area contributed by atoms with Gasteiger partial charge >= 0.3 is 0 Å². The van der Waals surface area contributed by atoms with Gasteiger partial charge in [-0.3, -0.25) is 14.4 Å². The van der Waals surface area contributed by atoms with Crippen molar-refractivity contribution in [1.29, 1.82) is 0 Å².